The topological polar surface area (TPSA) is 42.9 Å². The molecule has 0 bridgehead atoms. The van der Waals surface area contributed by atoms with Crippen LogP contribution in [0, 0.1) is 12.7 Å². The van der Waals surface area contributed by atoms with Gasteiger partial charge in [-0.05, 0) is 25.1 Å². The number of aldehydes is 1. The summed E-state index contributed by atoms with van der Waals surface area (Å²) in [6.07, 6.45) is 0.638. The number of carbonyl (C=O) groups excluding carboxylic acids is 1. The Hall–Kier alpha value is -1.27. The molecule has 0 unspecified atom stereocenters. The minimum atomic E-state index is -0.417. The van der Waals surface area contributed by atoms with Gasteiger partial charge in [-0.15, -0.1) is 10.2 Å². The normalized spacial score (nSPS) is 10.4. The van der Waals surface area contributed by atoms with Crippen LogP contribution < -0.4 is 0 Å². The summed E-state index contributed by atoms with van der Waals surface area (Å²) in [6.45, 7) is 1.85. The smallest absolute Gasteiger partial charge is 0.179 e. The zero-order valence-electron chi connectivity index (χ0n) is 8.31. The molecule has 16 heavy (non-hydrogen) atoms. The van der Waals surface area contributed by atoms with Crippen LogP contribution in [0.5, 0.6) is 0 Å². The Labute approximate surface area is 99.7 Å². The van der Waals surface area contributed by atoms with Gasteiger partial charge in [0, 0.05) is 10.5 Å². The predicted octanol–water partition coefficient (Wildman–Crippen LogP) is 2.95. The van der Waals surface area contributed by atoms with E-state index in [1.165, 1.54) is 35.2 Å². The van der Waals surface area contributed by atoms with Gasteiger partial charge in [-0.2, -0.15) is 0 Å². The third-order valence-electron chi connectivity index (χ3n) is 1.80. The van der Waals surface area contributed by atoms with Crippen molar-refractivity contribution < 1.29 is 9.18 Å². The van der Waals surface area contributed by atoms with E-state index in [1.54, 1.807) is 6.07 Å². The lowest BCUT2D eigenvalue weighted by Crippen LogP contribution is -1.87. The molecule has 0 spiro atoms. The highest BCUT2D eigenvalue weighted by atomic mass is 32.2. The molecule has 0 radical (unpaired) electrons. The van der Waals surface area contributed by atoms with E-state index in [2.05, 4.69) is 10.2 Å². The summed E-state index contributed by atoms with van der Waals surface area (Å²) >= 11 is 2.75. The van der Waals surface area contributed by atoms with Crippen LogP contribution in [0.15, 0.2) is 27.4 Å². The SMILES string of the molecule is Cc1nnc(Sc2ccc(F)cc2C=O)s1. The molecule has 0 aliphatic rings. The Morgan fingerprint density at radius 3 is 2.88 bits per heavy atom. The van der Waals surface area contributed by atoms with Crippen LogP contribution in [0.1, 0.15) is 15.4 Å². The summed E-state index contributed by atoms with van der Waals surface area (Å²) in [5.74, 6) is -0.417. The molecule has 2 rings (SSSR count). The second kappa shape index (κ2) is 4.71. The Morgan fingerprint density at radius 1 is 1.44 bits per heavy atom. The number of aryl methyl sites for hydroxylation is 1. The Morgan fingerprint density at radius 2 is 2.25 bits per heavy atom. The predicted molar refractivity (Wildman–Crippen MR) is 60.6 cm³/mol. The molecular weight excluding hydrogens is 247 g/mol. The number of carbonyl (C=O) groups is 1. The molecule has 0 saturated heterocycles. The highest BCUT2D eigenvalue weighted by Gasteiger charge is 2.08. The van der Waals surface area contributed by atoms with Crippen molar-refractivity contribution in [3.05, 3.63) is 34.6 Å². The number of nitrogens with zero attached hydrogens (tertiary/aromatic N) is 2. The summed E-state index contributed by atoms with van der Waals surface area (Å²) in [5, 5.41) is 8.66. The molecule has 1 aromatic heterocycles. The van der Waals surface area contributed by atoms with E-state index >= 15 is 0 Å². The van der Waals surface area contributed by atoms with Gasteiger partial charge in [-0.25, -0.2) is 4.39 Å². The van der Waals surface area contributed by atoms with Crippen molar-refractivity contribution in [3.8, 4) is 0 Å². The molecule has 82 valence electrons. The van der Waals surface area contributed by atoms with Gasteiger partial charge < -0.3 is 0 Å². The monoisotopic (exact) mass is 254 g/mol. The molecule has 0 saturated carbocycles. The van der Waals surface area contributed by atoms with Crippen molar-refractivity contribution in [1.29, 1.82) is 0 Å². The molecule has 0 aliphatic carbocycles. The number of hydrogen-bond acceptors (Lipinski definition) is 5. The first-order valence-electron chi connectivity index (χ1n) is 4.42. The molecule has 0 N–H and O–H groups in total. The van der Waals surface area contributed by atoms with Crippen molar-refractivity contribution in [2.24, 2.45) is 0 Å². The summed E-state index contributed by atoms with van der Waals surface area (Å²) < 4.78 is 13.6. The fraction of sp³-hybridized carbons (Fsp3) is 0.100. The molecule has 1 heterocycles. The summed E-state index contributed by atoms with van der Waals surface area (Å²) in [7, 11) is 0. The minimum absolute atomic E-state index is 0.331. The lowest BCUT2D eigenvalue weighted by molar-refractivity contribution is 0.112. The van der Waals surface area contributed by atoms with Crippen LogP contribution in [0.3, 0.4) is 0 Å². The first-order chi connectivity index (χ1) is 7.69. The van der Waals surface area contributed by atoms with Crippen molar-refractivity contribution in [2.75, 3.05) is 0 Å². The highest BCUT2D eigenvalue weighted by Crippen LogP contribution is 2.31. The molecule has 0 fully saturated rings. The number of rotatable bonds is 3. The lowest BCUT2D eigenvalue weighted by atomic mass is 10.2. The third kappa shape index (κ3) is 2.45. The Kier molecular flexibility index (Phi) is 3.31. The largest absolute Gasteiger partial charge is 0.298 e. The fourth-order valence-corrected chi connectivity index (χ4v) is 2.96. The number of hydrogen-bond donors (Lipinski definition) is 0. The standard InChI is InChI=1S/C10H7FN2OS2/c1-6-12-13-10(15-6)16-9-3-2-8(11)4-7(9)5-14/h2-5H,1H3. The average Bonchev–Trinajstić information content (AvgIpc) is 2.67. The molecule has 1 aromatic carbocycles. The fourth-order valence-electron chi connectivity index (χ4n) is 1.12. The second-order valence-corrected chi connectivity index (χ2v) is 5.46. The van der Waals surface area contributed by atoms with Crippen LogP contribution in [0.2, 0.25) is 0 Å². The van der Waals surface area contributed by atoms with Crippen molar-refractivity contribution in [1.82, 2.24) is 10.2 Å². The van der Waals surface area contributed by atoms with E-state index in [4.69, 9.17) is 0 Å². The van der Waals surface area contributed by atoms with Crippen LogP contribution >= 0.6 is 23.1 Å². The van der Waals surface area contributed by atoms with E-state index in [9.17, 15) is 9.18 Å². The minimum Gasteiger partial charge on any atom is -0.298 e. The summed E-state index contributed by atoms with van der Waals surface area (Å²) in [6, 6.07) is 4.10. The number of aromatic nitrogens is 2. The first-order valence-corrected chi connectivity index (χ1v) is 6.05. The van der Waals surface area contributed by atoms with Gasteiger partial charge in [0.25, 0.3) is 0 Å². The van der Waals surface area contributed by atoms with Gasteiger partial charge in [0.2, 0.25) is 0 Å². The summed E-state index contributed by atoms with van der Waals surface area (Å²) in [5.41, 5.74) is 0.331. The highest BCUT2D eigenvalue weighted by molar-refractivity contribution is 8.01. The summed E-state index contributed by atoms with van der Waals surface area (Å²) in [4.78, 5) is 11.4. The van der Waals surface area contributed by atoms with Gasteiger partial charge in [0.15, 0.2) is 10.6 Å². The molecule has 0 aliphatic heterocycles. The molecule has 0 atom stereocenters. The van der Waals surface area contributed by atoms with Crippen LogP contribution in [0.4, 0.5) is 4.39 Å². The van der Waals surface area contributed by atoms with Gasteiger partial charge in [0.05, 0.1) is 0 Å². The maximum absolute atomic E-state index is 12.9. The van der Waals surface area contributed by atoms with Crippen LogP contribution in [0.25, 0.3) is 0 Å². The number of benzene rings is 1. The van der Waals surface area contributed by atoms with E-state index < -0.39 is 5.82 Å². The quantitative estimate of drug-likeness (QED) is 0.790. The van der Waals surface area contributed by atoms with Gasteiger partial charge in [-0.1, -0.05) is 23.1 Å². The van der Waals surface area contributed by atoms with Crippen LogP contribution in [-0.4, -0.2) is 16.5 Å². The van der Waals surface area contributed by atoms with E-state index in [-0.39, 0.29) is 0 Å². The molecule has 3 nitrogen and oxygen atoms in total. The van der Waals surface area contributed by atoms with E-state index in [0.29, 0.717) is 16.7 Å². The van der Waals surface area contributed by atoms with Crippen molar-refractivity contribution >= 4 is 29.4 Å². The molecule has 6 heteroatoms. The van der Waals surface area contributed by atoms with Gasteiger partial charge in [-0.3, -0.25) is 4.79 Å². The lowest BCUT2D eigenvalue weighted by Gasteiger charge is -2.00. The number of halogens is 1. The van der Waals surface area contributed by atoms with Crippen molar-refractivity contribution in [3.63, 3.8) is 0 Å². The van der Waals surface area contributed by atoms with E-state index in [1.807, 2.05) is 6.92 Å². The van der Waals surface area contributed by atoms with E-state index in [0.717, 1.165) is 9.35 Å². The van der Waals surface area contributed by atoms with Gasteiger partial charge >= 0.3 is 0 Å². The average molecular weight is 254 g/mol. The third-order valence-corrected chi connectivity index (χ3v) is 3.78. The Balaban J connectivity index is 2.30. The second-order valence-electron chi connectivity index (χ2n) is 2.99. The Bertz CT molecular complexity index is 527. The van der Waals surface area contributed by atoms with Gasteiger partial charge in [0.1, 0.15) is 10.8 Å². The zero-order valence-corrected chi connectivity index (χ0v) is 9.94. The first kappa shape index (κ1) is 11.2. The molecular formula is C10H7FN2OS2. The van der Waals surface area contributed by atoms with Crippen LogP contribution in [-0.2, 0) is 0 Å². The molecule has 2 aromatic rings. The van der Waals surface area contributed by atoms with Crippen molar-refractivity contribution in [2.45, 2.75) is 16.2 Å². The molecule has 0 amide bonds. The maximum atomic E-state index is 12.9. The zero-order chi connectivity index (χ0) is 11.5. The maximum Gasteiger partial charge on any atom is 0.179 e.